The number of anilines is 1. The Hall–Kier alpha value is -3.21. The molecule has 0 aromatic heterocycles. The van der Waals surface area contributed by atoms with E-state index in [1.807, 2.05) is 60.4 Å². The predicted molar refractivity (Wildman–Crippen MR) is 120 cm³/mol. The van der Waals surface area contributed by atoms with Gasteiger partial charge in [-0.1, -0.05) is 49.4 Å². The Morgan fingerprint density at radius 3 is 2.37 bits per heavy atom. The Morgan fingerprint density at radius 2 is 1.63 bits per heavy atom. The van der Waals surface area contributed by atoms with Crippen LogP contribution in [-0.2, 0) is 4.79 Å². The number of para-hydroxylation sites is 2. The molecule has 0 aliphatic carbocycles. The van der Waals surface area contributed by atoms with Gasteiger partial charge in [0.15, 0.2) is 6.10 Å². The summed E-state index contributed by atoms with van der Waals surface area (Å²) in [5.74, 6) is 1.66. The van der Waals surface area contributed by atoms with E-state index in [-0.39, 0.29) is 5.91 Å². The van der Waals surface area contributed by atoms with Crippen molar-refractivity contribution < 1.29 is 14.3 Å². The molecule has 0 bridgehead atoms. The van der Waals surface area contributed by atoms with E-state index in [0.717, 1.165) is 41.0 Å². The standard InChI is InChI=1S/C25H28N2O3/c1-3-23(30-21-13-12-19-8-4-5-9-20(19)18-21)25(28)27-16-14-26(15-17-27)22-10-6-7-11-24(22)29-2/h4-13,18,23H,3,14-17H2,1-2H3/t23-/m1/s1. The first-order chi connectivity index (χ1) is 14.7. The van der Waals surface area contributed by atoms with Gasteiger partial charge in [0.1, 0.15) is 11.5 Å². The topological polar surface area (TPSA) is 42.0 Å². The number of piperazine rings is 1. The summed E-state index contributed by atoms with van der Waals surface area (Å²) in [4.78, 5) is 17.3. The third kappa shape index (κ3) is 4.20. The van der Waals surface area contributed by atoms with Crippen LogP contribution in [0.2, 0.25) is 0 Å². The SMILES string of the molecule is CC[C@@H](Oc1ccc2ccccc2c1)C(=O)N1CCN(c2ccccc2OC)CC1. The van der Waals surface area contributed by atoms with Crippen molar-refractivity contribution in [1.29, 1.82) is 0 Å². The molecule has 1 heterocycles. The van der Waals surface area contributed by atoms with Crippen LogP contribution in [0.25, 0.3) is 10.8 Å². The third-order valence-electron chi connectivity index (χ3n) is 5.66. The molecule has 0 N–H and O–H groups in total. The second-order valence-electron chi connectivity index (χ2n) is 7.51. The van der Waals surface area contributed by atoms with E-state index >= 15 is 0 Å². The Morgan fingerprint density at radius 1 is 0.933 bits per heavy atom. The van der Waals surface area contributed by atoms with Gasteiger partial charge in [0, 0.05) is 26.2 Å². The van der Waals surface area contributed by atoms with Gasteiger partial charge in [-0.05, 0) is 41.5 Å². The number of amides is 1. The number of ether oxygens (including phenoxy) is 2. The summed E-state index contributed by atoms with van der Waals surface area (Å²) in [5, 5.41) is 2.28. The summed E-state index contributed by atoms with van der Waals surface area (Å²) < 4.78 is 11.6. The molecular weight excluding hydrogens is 376 g/mol. The second-order valence-corrected chi connectivity index (χ2v) is 7.51. The third-order valence-corrected chi connectivity index (χ3v) is 5.66. The minimum atomic E-state index is -0.469. The molecule has 0 saturated carbocycles. The predicted octanol–water partition coefficient (Wildman–Crippen LogP) is 4.35. The van der Waals surface area contributed by atoms with Crippen molar-refractivity contribution in [3.8, 4) is 11.5 Å². The summed E-state index contributed by atoms with van der Waals surface area (Å²) >= 11 is 0. The fourth-order valence-electron chi connectivity index (χ4n) is 3.98. The number of hydrogen-bond donors (Lipinski definition) is 0. The highest BCUT2D eigenvalue weighted by Gasteiger charge is 2.28. The molecule has 1 atom stereocenters. The highest BCUT2D eigenvalue weighted by Crippen LogP contribution is 2.28. The van der Waals surface area contributed by atoms with Gasteiger partial charge in [-0.3, -0.25) is 4.79 Å². The maximum absolute atomic E-state index is 13.1. The first-order valence-electron chi connectivity index (χ1n) is 10.5. The van der Waals surface area contributed by atoms with Crippen molar-refractivity contribution in [2.24, 2.45) is 0 Å². The highest BCUT2D eigenvalue weighted by atomic mass is 16.5. The van der Waals surface area contributed by atoms with Crippen LogP contribution in [0.3, 0.4) is 0 Å². The Balaban J connectivity index is 1.40. The van der Waals surface area contributed by atoms with Gasteiger partial charge in [0.2, 0.25) is 0 Å². The van der Waals surface area contributed by atoms with Gasteiger partial charge in [-0.15, -0.1) is 0 Å². The Kier molecular flexibility index (Phi) is 6.07. The number of hydrogen-bond acceptors (Lipinski definition) is 4. The van der Waals surface area contributed by atoms with Crippen LogP contribution in [0.1, 0.15) is 13.3 Å². The van der Waals surface area contributed by atoms with E-state index in [9.17, 15) is 4.79 Å². The smallest absolute Gasteiger partial charge is 0.263 e. The number of rotatable bonds is 6. The van der Waals surface area contributed by atoms with Crippen molar-refractivity contribution >= 4 is 22.4 Å². The van der Waals surface area contributed by atoms with Crippen molar-refractivity contribution in [3.05, 3.63) is 66.7 Å². The molecule has 1 aliphatic rings. The molecule has 1 aliphatic heterocycles. The number of fused-ring (bicyclic) bond motifs is 1. The average Bonchev–Trinajstić information content (AvgIpc) is 2.82. The summed E-state index contributed by atoms with van der Waals surface area (Å²) in [7, 11) is 1.69. The Labute approximate surface area is 177 Å². The zero-order chi connectivity index (χ0) is 20.9. The molecule has 4 rings (SSSR count). The number of methoxy groups -OCH3 is 1. The van der Waals surface area contributed by atoms with E-state index in [1.165, 1.54) is 0 Å². The number of carbonyl (C=O) groups is 1. The van der Waals surface area contributed by atoms with Crippen LogP contribution in [0.4, 0.5) is 5.69 Å². The van der Waals surface area contributed by atoms with E-state index < -0.39 is 6.10 Å². The van der Waals surface area contributed by atoms with Crippen molar-refractivity contribution in [2.75, 3.05) is 38.2 Å². The van der Waals surface area contributed by atoms with E-state index in [1.54, 1.807) is 7.11 Å². The molecule has 5 nitrogen and oxygen atoms in total. The summed E-state index contributed by atoms with van der Waals surface area (Å²) in [6.07, 6.45) is 0.169. The molecule has 0 radical (unpaired) electrons. The molecule has 1 amide bonds. The molecule has 30 heavy (non-hydrogen) atoms. The van der Waals surface area contributed by atoms with Gasteiger partial charge in [-0.25, -0.2) is 0 Å². The molecule has 3 aromatic rings. The lowest BCUT2D eigenvalue weighted by Gasteiger charge is -2.37. The molecule has 0 spiro atoms. The molecule has 0 unspecified atom stereocenters. The maximum Gasteiger partial charge on any atom is 0.263 e. The van der Waals surface area contributed by atoms with Crippen LogP contribution in [0.5, 0.6) is 11.5 Å². The van der Waals surface area contributed by atoms with Gasteiger partial charge < -0.3 is 19.3 Å². The normalized spacial score (nSPS) is 15.1. The van der Waals surface area contributed by atoms with Crippen LogP contribution >= 0.6 is 0 Å². The van der Waals surface area contributed by atoms with Crippen molar-refractivity contribution in [3.63, 3.8) is 0 Å². The quantitative estimate of drug-likeness (QED) is 0.612. The van der Waals surface area contributed by atoms with Crippen LogP contribution < -0.4 is 14.4 Å². The molecule has 5 heteroatoms. The molecule has 1 saturated heterocycles. The minimum Gasteiger partial charge on any atom is -0.495 e. The van der Waals surface area contributed by atoms with E-state index in [0.29, 0.717) is 19.5 Å². The van der Waals surface area contributed by atoms with Gasteiger partial charge in [-0.2, -0.15) is 0 Å². The van der Waals surface area contributed by atoms with Gasteiger partial charge in [0.25, 0.3) is 5.91 Å². The number of nitrogens with zero attached hydrogens (tertiary/aromatic N) is 2. The highest BCUT2D eigenvalue weighted by molar-refractivity contribution is 5.84. The fourth-order valence-corrected chi connectivity index (χ4v) is 3.98. The lowest BCUT2D eigenvalue weighted by molar-refractivity contribution is -0.139. The van der Waals surface area contributed by atoms with E-state index in [4.69, 9.17) is 9.47 Å². The first-order valence-corrected chi connectivity index (χ1v) is 10.5. The zero-order valence-corrected chi connectivity index (χ0v) is 17.6. The van der Waals surface area contributed by atoms with Crippen LogP contribution in [0.15, 0.2) is 66.7 Å². The summed E-state index contributed by atoms with van der Waals surface area (Å²) in [6, 6.07) is 22.2. The minimum absolute atomic E-state index is 0.0605. The maximum atomic E-state index is 13.1. The molecule has 1 fully saturated rings. The first kappa shape index (κ1) is 20.1. The lowest BCUT2D eigenvalue weighted by Crippen LogP contribution is -2.52. The number of benzene rings is 3. The summed E-state index contributed by atoms with van der Waals surface area (Å²) in [6.45, 7) is 4.90. The van der Waals surface area contributed by atoms with Crippen molar-refractivity contribution in [2.45, 2.75) is 19.4 Å². The monoisotopic (exact) mass is 404 g/mol. The number of carbonyl (C=O) groups excluding carboxylic acids is 1. The molecule has 3 aromatic carbocycles. The fraction of sp³-hybridized carbons (Fsp3) is 0.320. The van der Waals surface area contributed by atoms with Crippen molar-refractivity contribution in [1.82, 2.24) is 4.90 Å². The second kappa shape index (κ2) is 9.08. The zero-order valence-electron chi connectivity index (χ0n) is 17.6. The van der Waals surface area contributed by atoms with Crippen LogP contribution in [0, 0.1) is 0 Å². The molecule has 156 valence electrons. The Bertz CT molecular complexity index is 1010. The average molecular weight is 405 g/mol. The van der Waals surface area contributed by atoms with Crippen LogP contribution in [-0.4, -0.2) is 50.2 Å². The van der Waals surface area contributed by atoms with Gasteiger partial charge in [0.05, 0.1) is 12.8 Å². The largest absolute Gasteiger partial charge is 0.495 e. The van der Waals surface area contributed by atoms with Gasteiger partial charge >= 0.3 is 0 Å². The summed E-state index contributed by atoms with van der Waals surface area (Å²) in [5.41, 5.74) is 1.08. The van der Waals surface area contributed by atoms with E-state index in [2.05, 4.69) is 23.1 Å². The lowest BCUT2D eigenvalue weighted by atomic mass is 10.1. The molecular formula is C25H28N2O3.